The number of rotatable bonds is 5. The van der Waals surface area contributed by atoms with Crippen LogP contribution in [0.4, 0.5) is 0 Å². The Balaban J connectivity index is 4.01. The second-order valence-corrected chi connectivity index (χ2v) is 4.11. The van der Waals surface area contributed by atoms with Crippen LogP contribution < -0.4 is 5.32 Å². The first-order valence-corrected chi connectivity index (χ1v) is 5.20. The maximum Gasteiger partial charge on any atom is 0.237 e. The average Bonchev–Trinajstić information content (AvgIpc) is 2.14. The van der Waals surface area contributed by atoms with Crippen LogP contribution in [0.2, 0.25) is 0 Å². The van der Waals surface area contributed by atoms with E-state index >= 15 is 0 Å². The highest BCUT2D eigenvalue weighted by molar-refractivity contribution is 5.81. The van der Waals surface area contributed by atoms with Crippen molar-refractivity contribution in [3.05, 3.63) is 0 Å². The summed E-state index contributed by atoms with van der Waals surface area (Å²) in [6.07, 6.45) is 1.04. The predicted octanol–water partition coefficient (Wildman–Crippen LogP) is 1.94. The SMILES string of the molecule is CCC(C)CNC(=O)C(C#N)C(C)C. The fraction of sp³-hybridized carbons (Fsp3) is 0.818. The highest BCUT2D eigenvalue weighted by Gasteiger charge is 2.21. The van der Waals surface area contributed by atoms with E-state index in [0.717, 1.165) is 6.42 Å². The first-order chi connectivity index (χ1) is 6.52. The third-order valence-corrected chi connectivity index (χ3v) is 2.41. The molecule has 0 rings (SSSR count). The van der Waals surface area contributed by atoms with E-state index in [1.165, 1.54) is 0 Å². The summed E-state index contributed by atoms with van der Waals surface area (Å²) in [6.45, 7) is 8.60. The zero-order valence-corrected chi connectivity index (χ0v) is 9.50. The molecule has 0 saturated heterocycles. The lowest BCUT2D eigenvalue weighted by Crippen LogP contribution is -2.35. The quantitative estimate of drug-likeness (QED) is 0.730. The van der Waals surface area contributed by atoms with E-state index in [1.807, 2.05) is 19.9 Å². The molecule has 0 aromatic rings. The number of carbonyl (C=O) groups is 1. The molecule has 1 N–H and O–H groups in total. The summed E-state index contributed by atoms with van der Waals surface area (Å²) in [7, 11) is 0. The lowest BCUT2D eigenvalue weighted by atomic mass is 9.96. The Morgan fingerprint density at radius 1 is 1.43 bits per heavy atom. The van der Waals surface area contributed by atoms with Crippen molar-refractivity contribution in [2.45, 2.75) is 34.1 Å². The van der Waals surface area contributed by atoms with Crippen LogP contribution in [0.5, 0.6) is 0 Å². The standard InChI is InChI=1S/C11H20N2O/c1-5-9(4)7-13-11(14)10(6-12)8(2)3/h8-10H,5,7H2,1-4H3,(H,13,14). The molecule has 14 heavy (non-hydrogen) atoms. The molecule has 0 bridgehead atoms. The molecule has 0 aliphatic rings. The molecule has 1 amide bonds. The molecule has 0 saturated carbocycles. The summed E-state index contributed by atoms with van der Waals surface area (Å²) in [5, 5.41) is 11.6. The second-order valence-electron chi connectivity index (χ2n) is 4.11. The number of amides is 1. The van der Waals surface area contributed by atoms with Crippen LogP contribution in [0.15, 0.2) is 0 Å². The van der Waals surface area contributed by atoms with Crippen molar-refractivity contribution < 1.29 is 4.79 Å². The number of nitrogens with one attached hydrogen (secondary N) is 1. The summed E-state index contributed by atoms with van der Waals surface area (Å²) < 4.78 is 0. The van der Waals surface area contributed by atoms with Crippen LogP contribution in [0.25, 0.3) is 0 Å². The van der Waals surface area contributed by atoms with Gasteiger partial charge in [-0.3, -0.25) is 4.79 Å². The van der Waals surface area contributed by atoms with Crippen LogP contribution in [0, 0.1) is 29.1 Å². The molecule has 2 unspecified atom stereocenters. The molecule has 80 valence electrons. The second kappa shape index (κ2) is 6.42. The van der Waals surface area contributed by atoms with E-state index < -0.39 is 5.92 Å². The molecule has 0 aromatic carbocycles. The molecule has 0 radical (unpaired) electrons. The van der Waals surface area contributed by atoms with Gasteiger partial charge in [-0.05, 0) is 11.8 Å². The molecule has 2 atom stereocenters. The van der Waals surface area contributed by atoms with Crippen molar-refractivity contribution in [2.75, 3.05) is 6.54 Å². The molecule has 0 aliphatic heterocycles. The van der Waals surface area contributed by atoms with Crippen molar-refractivity contribution in [1.82, 2.24) is 5.32 Å². The van der Waals surface area contributed by atoms with Crippen molar-refractivity contribution >= 4 is 5.91 Å². The Hall–Kier alpha value is -1.04. The van der Waals surface area contributed by atoms with E-state index in [9.17, 15) is 4.79 Å². The highest BCUT2D eigenvalue weighted by atomic mass is 16.1. The topological polar surface area (TPSA) is 52.9 Å². The largest absolute Gasteiger partial charge is 0.355 e. The van der Waals surface area contributed by atoms with E-state index in [-0.39, 0.29) is 11.8 Å². The minimum absolute atomic E-state index is 0.0805. The lowest BCUT2D eigenvalue weighted by Gasteiger charge is -2.15. The van der Waals surface area contributed by atoms with Gasteiger partial charge >= 0.3 is 0 Å². The average molecular weight is 196 g/mol. The van der Waals surface area contributed by atoms with Gasteiger partial charge in [0.25, 0.3) is 0 Å². The van der Waals surface area contributed by atoms with Gasteiger partial charge in [0.1, 0.15) is 5.92 Å². The maximum absolute atomic E-state index is 11.5. The summed E-state index contributed by atoms with van der Waals surface area (Å²) in [6, 6.07) is 2.03. The molecular formula is C11H20N2O. The number of nitriles is 1. The smallest absolute Gasteiger partial charge is 0.237 e. The fourth-order valence-electron chi connectivity index (χ4n) is 1.04. The maximum atomic E-state index is 11.5. The lowest BCUT2D eigenvalue weighted by molar-refractivity contribution is -0.124. The van der Waals surface area contributed by atoms with Gasteiger partial charge in [-0.15, -0.1) is 0 Å². The van der Waals surface area contributed by atoms with Crippen LogP contribution in [-0.2, 0) is 4.79 Å². The molecular weight excluding hydrogens is 176 g/mol. The van der Waals surface area contributed by atoms with Crippen molar-refractivity contribution in [2.24, 2.45) is 17.8 Å². The zero-order chi connectivity index (χ0) is 11.1. The third-order valence-electron chi connectivity index (χ3n) is 2.41. The third kappa shape index (κ3) is 4.27. The minimum atomic E-state index is -0.515. The van der Waals surface area contributed by atoms with Gasteiger partial charge < -0.3 is 5.32 Å². The molecule has 0 heterocycles. The Kier molecular flexibility index (Phi) is 5.94. The molecule has 0 spiro atoms. The monoisotopic (exact) mass is 196 g/mol. The Labute approximate surface area is 86.5 Å². The van der Waals surface area contributed by atoms with Gasteiger partial charge in [0.05, 0.1) is 6.07 Å². The first-order valence-electron chi connectivity index (χ1n) is 5.20. The molecule has 3 nitrogen and oxygen atoms in total. The normalized spacial score (nSPS) is 14.6. The van der Waals surface area contributed by atoms with E-state index in [2.05, 4.69) is 19.2 Å². The summed E-state index contributed by atoms with van der Waals surface area (Å²) in [5.41, 5.74) is 0. The predicted molar refractivity (Wildman–Crippen MR) is 56.4 cm³/mol. The minimum Gasteiger partial charge on any atom is -0.355 e. The number of hydrogen-bond acceptors (Lipinski definition) is 2. The fourth-order valence-corrected chi connectivity index (χ4v) is 1.04. The van der Waals surface area contributed by atoms with Gasteiger partial charge in [-0.2, -0.15) is 5.26 Å². The molecule has 3 heteroatoms. The Morgan fingerprint density at radius 2 is 2.00 bits per heavy atom. The van der Waals surface area contributed by atoms with Crippen LogP contribution >= 0.6 is 0 Å². The van der Waals surface area contributed by atoms with Crippen molar-refractivity contribution in [1.29, 1.82) is 5.26 Å². The van der Waals surface area contributed by atoms with Crippen LogP contribution in [-0.4, -0.2) is 12.5 Å². The van der Waals surface area contributed by atoms with Gasteiger partial charge in [0.15, 0.2) is 0 Å². The number of hydrogen-bond donors (Lipinski definition) is 1. The van der Waals surface area contributed by atoms with E-state index in [4.69, 9.17) is 5.26 Å². The van der Waals surface area contributed by atoms with Gasteiger partial charge in [-0.25, -0.2) is 0 Å². The number of nitrogens with zero attached hydrogens (tertiary/aromatic N) is 1. The van der Waals surface area contributed by atoms with Gasteiger partial charge in [-0.1, -0.05) is 34.1 Å². The Bertz CT molecular complexity index is 218. The van der Waals surface area contributed by atoms with Crippen LogP contribution in [0.1, 0.15) is 34.1 Å². The first kappa shape index (κ1) is 13.0. The van der Waals surface area contributed by atoms with Crippen molar-refractivity contribution in [3.8, 4) is 6.07 Å². The van der Waals surface area contributed by atoms with Gasteiger partial charge in [0.2, 0.25) is 5.91 Å². The Morgan fingerprint density at radius 3 is 2.36 bits per heavy atom. The van der Waals surface area contributed by atoms with Crippen molar-refractivity contribution in [3.63, 3.8) is 0 Å². The summed E-state index contributed by atoms with van der Waals surface area (Å²) in [5.74, 6) is -0.0933. The van der Waals surface area contributed by atoms with E-state index in [1.54, 1.807) is 0 Å². The molecule has 0 aliphatic carbocycles. The molecule has 0 fully saturated rings. The summed E-state index contributed by atoms with van der Waals surface area (Å²) >= 11 is 0. The van der Waals surface area contributed by atoms with Gasteiger partial charge in [0, 0.05) is 6.54 Å². The number of carbonyl (C=O) groups excluding carboxylic acids is 1. The molecule has 0 aromatic heterocycles. The zero-order valence-electron chi connectivity index (χ0n) is 9.50. The van der Waals surface area contributed by atoms with Crippen LogP contribution in [0.3, 0.4) is 0 Å². The van der Waals surface area contributed by atoms with E-state index in [0.29, 0.717) is 12.5 Å². The highest BCUT2D eigenvalue weighted by Crippen LogP contribution is 2.09. The summed E-state index contributed by atoms with van der Waals surface area (Å²) in [4.78, 5) is 11.5.